The van der Waals surface area contributed by atoms with Gasteiger partial charge >= 0.3 is 0 Å². The molecule has 3 heteroatoms. The van der Waals surface area contributed by atoms with Crippen LogP contribution in [-0.4, -0.2) is 50.8 Å². The summed E-state index contributed by atoms with van der Waals surface area (Å²) < 4.78 is 5.38. The van der Waals surface area contributed by atoms with Gasteiger partial charge in [-0.1, -0.05) is 13.8 Å². The second-order valence-electron chi connectivity index (χ2n) is 3.45. The molecule has 0 aliphatic rings. The maximum Gasteiger partial charge on any atom is 0.0593 e. The highest BCUT2D eigenvalue weighted by Gasteiger charge is 2.13. The molecular formula is C11H26N2O. The van der Waals surface area contributed by atoms with Gasteiger partial charge in [0.15, 0.2) is 0 Å². The molecule has 0 aliphatic heterocycles. The second kappa shape index (κ2) is 9.44. The second-order valence-corrected chi connectivity index (χ2v) is 3.45. The van der Waals surface area contributed by atoms with E-state index in [2.05, 4.69) is 24.1 Å². The van der Waals surface area contributed by atoms with Crippen molar-refractivity contribution in [3.05, 3.63) is 0 Å². The Kier molecular flexibility index (Phi) is 9.35. The van der Waals surface area contributed by atoms with Crippen LogP contribution in [0.5, 0.6) is 0 Å². The minimum absolute atomic E-state index is 0.644. The standard InChI is InChI=1S/C11H26N2O/c1-5-11(10-12-4)13(6-2)8-9-14-7-3/h11-12H,5-10H2,1-4H3. The SMILES string of the molecule is CCOCCN(CC)C(CC)CNC. The van der Waals surface area contributed by atoms with E-state index in [4.69, 9.17) is 4.74 Å². The van der Waals surface area contributed by atoms with Crippen molar-refractivity contribution in [3.63, 3.8) is 0 Å². The molecule has 1 unspecified atom stereocenters. The average molecular weight is 202 g/mol. The van der Waals surface area contributed by atoms with Gasteiger partial charge in [0.05, 0.1) is 6.61 Å². The van der Waals surface area contributed by atoms with Gasteiger partial charge in [0.1, 0.15) is 0 Å². The largest absolute Gasteiger partial charge is 0.380 e. The molecule has 86 valence electrons. The maximum absolute atomic E-state index is 5.38. The van der Waals surface area contributed by atoms with Gasteiger partial charge in [-0.25, -0.2) is 0 Å². The zero-order valence-corrected chi connectivity index (χ0v) is 10.2. The molecule has 0 saturated heterocycles. The molecule has 0 aromatic carbocycles. The van der Waals surface area contributed by atoms with Crippen molar-refractivity contribution in [3.8, 4) is 0 Å². The number of hydrogen-bond acceptors (Lipinski definition) is 3. The van der Waals surface area contributed by atoms with Crippen LogP contribution in [0.4, 0.5) is 0 Å². The molecule has 0 aromatic rings. The third-order valence-corrected chi connectivity index (χ3v) is 2.56. The minimum atomic E-state index is 0.644. The van der Waals surface area contributed by atoms with Crippen LogP contribution in [0.3, 0.4) is 0 Å². The van der Waals surface area contributed by atoms with Gasteiger partial charge in [0.2, 0.25) is 0 Å². The topological polar surface area (TPSA) is 24.5 Å². The van der Waals surface area contributed by atoms with E-state index >= 15 is 0 Å². The summed E-state index contributed by atoms with van der Waals surface area (Å²) in [6.45, 7) is 11.4. The highest BCUT2D eigenvalue weighted by molar-refractivity contribution is 4.70. The fourth-order valence-electron chi connectivity index (χ4n) is 1.69. The fraction of sp³-hybridized carbons (Fsp3) is 1.00. The lowest BCUT2D eigenvalue weighted by molar-refractivity contribution is 0.0954. The van der Waals surface area contributed by atoms with Crippen molar-refractivity contribution in [2.24, 2.45) is 0 Å². The number of hydrogen-bond donors (Lipinski definition) is 1. The molecular weight excluding hydrogens is 176 g/mol. The van der Waals surface area contributed by atoms with E-state index in [1.807, 2.05) is 14.0 Å². The summed E-state index contributed by atoms with van der Waals surface area (Å²) in [5, 5.41) is 3.24. The zero-order chi connectivity index (χ0) is 10.8. The van der Waals surface area contributed by atoms with Crippen molar-refractivity contribution >= 4 is 0 Å². The fourth-order valence-corrected chi connectivity index (χ4v) is 1.69. The van der Waals surface area contributed by atoms with Gasteiger partial charge in [0.25, 0.3) is 0 Å². The molecule has 1 atom stereocenters. The van der Waals surface area contributed by atoms with Crippen LogP contribution in [-0.2, 0) is 4.74 Å². The normalized spacial score (nSPS) is 13.5. The molecule has 0 bridgehead atoms. The molecule has 0 heterocycles. The third kappa shape index (κ3) is 5.58. The summed E-state index contributed by atoms with van der Waals surface area (Å²) in [5.41, 5.74) is 0. The molecule has 0 fully saturated rings. The Morgan fingerprint density at radius 2 is 2.00 bits per heavy atom. The summed E-state index contributed by atoms with van der Waals surface area (Å²) in [6.07, 6.45) is 1.20. The van der Waals surface area contributed by atoms with Crippen molar-refractivity contribution in [1.82, 2.24) is 10.2 Å². The number of likely N-dealkylation sites (N-methyl/N-ethyl adjacent to an activating group) is 2. The number of rotatable bonds is 9. The molecule has 0 aliphatic carbocycles. The first-order valence-electron chi connectivity index (χ1n) is 5.76. The predicted octanol–water partition coefficient (Wildman–Crippen LogP) is 1.34. The Hall–Kier alpha value is -0.120. The molecule has 0 aromatic heterocycles. The van der Waals surface area contributed by atoms with E-state index in [9.17, 15) is 0 Å². The quantitative estimate of drug-likeness (QED) is 0.571. The lowest BCUT2D eigenvalue weighted by atomic mass is 10.2. The Balaban J connectivity index is 3.81. The lowest BCUT2D eigenvalue weighted by Gasteiger charge is -2.29. The first kappa shape index (κ1) is 13.9. The summed E-state index contributed by atoms with van der Waals surface area (Å²) in [5.74, 6) is 0. The van der Waals surface area contributed by atoms with Crippen molar-refractivity contribution in [2.75, 3.05) is 39.9 Å². The van der Waals surface area contributed by atoms with E-state index in [1.54, 1.807) is 0 Å². The van der Waals surface area contributed by atoms with Gasteiger partial charge in [0, 0.05) is 25.7 Å². The molecule has 0 radical (unpaired) electrons. The van der Waals surface area contributed by atoms with Crippen molar-refractivity contribution in [1.29, 1.82) is 0 Å². The Morgan fingerprint density at radius 1 is 1.29 bits per heavy atom. The van der Waals surface area contributed by atoms with Crippen molar-refractivity contribution < 1.29 is 4.74 Å². The van der Waals surface area contributed by atoms with E-state index in [1.165, 1.54) is 6.42 Å². The van der Waals surface area contributed by atoms with E-state index in [-0.39, 0.29) is 0 Å². The van der Waals surface area contributed by atoms with E-state index in [0.717, 1.165) is 32.8 Å². The van der Waals surface area contributed by atoms with Crippen LogP contribution in [0.1, 0.15) is 27.2 Å². The molecule has 1 N–H and O–H groups in total. The van der Waals surface area contributed by atoms with Gasteiger partial charge in [-0.05, 0) is 26.9 Å². The van der Waals surface area contributed by atoms with E-state index in [0.29, 0.717) is 6.04 Å². The molecule has 0 spiro atoms. The first-order valence-corrected chi connectivity index (χ1v) is 5.76. The number of nitrogens with zero attached hydrogens (tertiary/aromatic N) is 1. The van der Waals surface area contributed by atoms with Crippen LogP contribution < -0.4 is 5.32 Å². The number of ether oxygens (including phenoxy) is 1. The number of nitrogens with one attached hydrogen (secondary N) is 1. The molecule has 3 nitrogen and oxygen atoms in total. The highest BCUT2D eigenvalue weighted by Crippen LogP contribution is 2.02. The predicted molar refractivity (Wildman–Crippen MR) is 61.7 cm³/mol. The average Bonchev–Trinajstić information content (AvgIpc) is 2.22. The molecule has 0 saturated carbocycles. The summed E-state index contributed by atoms with van der Waals surface area (Å²) in [6, 6.07) is 0.644. The smallest absolute Gasteiger partial charge is 0.0593 e. The minimum Gasteiger partial charge on any atom is -0.380 e. The molecule has 0 rings (SSSR count). The Morgan fingerprint density at radius 3 is 2.43 bits per heavy atom. The Bertz CT molecular complexity index is 120. The van der Waals surface area contributed by atoms with Crippen LogP contribution in [0.25, 0.3) is 0 Å². The first-order chi connectivity index (χ1) is 6.79. The van der Waals surface area contributed by atoms with Gasteiger partial charge < -0.3 is 10.1 Å². The summed E-state index contributed by atoms with van der Waals surface area (Å²) >= 11 is 0. The maximum atomic E-state index is 5.38. The van der Waals surface area contributed by atoms with Crippen molar-refractivity contribution in [2.45, 2.75) is 33.2 Å². The molecule has 0 amide bonds. The summed E-state index contributed by atoms with van der Waals surface area (Å²) in [7, 11) is 2.01. The highest BCUT2D eigenvalue weighted by atomic mass is 16.5. The van der Waals surface area contributed by atoms with Gasteiger partial charge in [-0.2, -0.15) is 0 Å². The summed E-state index contributed by atoms with van der Waals surface area (Å²) in [4.78, 5) is 2.48. The third-order valence-electron chi connectivity index (χ3n) is 2.56. The van der Waals surface area contributed by atoms with Crippen LogP contribution in [0.2, 0.25) is 0 Å². The van der Waals surface area contributed by atoms with Crippen LogP contribution in [0, 0.1) is 0 Å². The monoisotopic (exact) mass is 202 g/mol. The van der Waals surface area contributed by atoms with E-state index < -0.39 is 0 Å². The zero-order valence-electron chi connectivity index (χ0n) is 10.2. The Labute approximate surface area is 88.8 Å². The van der Waals surface area contributed by atoms with Gasteiger partial charge in [-0.3, -0.25) is 4.90 Å². The lowest BCUT2D eigenvalue weighted by Crippen LogP contribution is -2.42. The van der Waals surface area contributed by atoms with Crippen LogP contribution in [0.15, 0.2) is 0 Å². The van der Waals surface area contributed by atoms with Crippen LogP contribution >= 0.6 is 0 Å². The van der Waals surface area contributed by atoms with Gasteiger partial charge in [-0.15, -0.1) is 0 Å². The molecule has 14 heavy (non-hydrogen) atoms.